The van der Waals surface area contributed by atoms with E-state index in [9.17, 15) is 0 Å². The van der Waals surface area contributed by atoms with Crippen molar-refractivity contribution in [1.29, 1.82) is 0 Å². The lowest BCUT2D eigenvalue weighted by atomic mass is 10.1. The fraction of sp³-hybridized carbons (Fsp3) is 0.833. The fourth-order valence-electron chi connectivity index (χ4n) is 1.58. The standard InChI is InChI=1S/C12H23NO2/c1-3-5-13-7-11(2)8-15-10-12-4-6-14-9-12/h12-13H,2-10H2,1H3. The Balaban J connectivity index is 1.91. The summed E-state index contributed by atoms with van der Waals surface area (Å²) in [4.78, 5) is 0. The number of hydrogen-bond acceptors (Lipinski definition) is 3. The molecule has 1 aliphatic heterocycles. The molecular weight excluding hydrogens is 190 g/mol. The first-order valence-corrected chi connectivity index (χ1v) is 5.85. The van der Waals surface area contributed by atoms with Gasteiger partial charge in [0, 0.05) is 19.1 Å². The SMILES string of the molecule is C=C(CNCCC)COCC1CCOC1. The normalized spacial score (nSPS) is 20.7. The number of nitrogens with one attached hydrogen (secondary N) is 1. The molecule has 0 aliphatic carbocycles. The van der Waals surface area contributed by atoms with E-state index in [1.165, 1.54) is 0 Å². The van der Waals surface area contributed by atoms with Crippen molar-refractivity contribution < 1.29 is 9.47 Å². The van der Waals surface area contributed by atoms with Crippen LogP contribution in [-0.4, -0.2) is 39.5 Å². The van der Waals surface area contributed by atoms with Crippen LogP contribution in [-0.2, 0) is 9.47 Å². The van der Waals surface area contributed by atoms with Crippen LogP contribution in [0, 0.1) is 5.92 Å². The molecule has 1 atom stereocenters. The lowest BCUT2D eigenvalue weighted by molar-refractivity contribution is 0.104. The van der Waals surface area contributed by atoms with Gasteiger partial charge in [0.05, 0.1) is 19.8 Å². The summed E-state index contributed by atoms with van der Waals surface area (Å²) in [5, 5.41) is 3.31. The van der Waals surface area contributed by atoms with Crippen molar-refractivity contribution in [3.63, 3.8) is 0 Å². The predicted molar refractivity (Wildman–Crippen MR) is 62.0 cm³/mol. The van der Waals surface area contributed by atoms with Gasteiger partial charge in [0.25, 0.3) is 0 Å². The first-order valence-electron chi connectivity index (χ1n) is 5.85. The van der Waals surface area contributed by atoms with Crippen molar-refractivity contribution in [1.82, 2.24) is 5.32 Å². The highest BCUT2D eigenvalue weighted by molar-refractivity contribution is 4.96. The van der Waals surface area contributed by atoms with Crippen LogP contribution in [0.2, 0.25) is 0 Å². The maximum atomic E-state index is 5.59. The maximum absolute atomic E-state index is 5.59. The molecule has 3 nitrogen and oxygen atoms in total. The van der Waals surface area contributed by atoms with E-state index in [-0.39, 0.29) is 0 Å². The van der Waals surface area contributed by atoms with Crippen LogP contribution in [0.3, 0.4) is 0 Å². The minimum atomic E-state index is 0.599. The van der Waals surface area contributed by atoms with Crippen LogP contribution in [0.15, 0.2) is 12.2 Å². The van der Waals surface area contributed by atoms with Crippen LogP contribution in [0.4, 0.5) is 0 Å². The third kappa shape index (κ3) is 5.92. The summed E-state index contributed by atoms with van der Waals surface area (Å²) in [7, 11) is 0. The van der Waals surface area contributed by atoms with Crippen molar-refractivity contribution in [2.24, 2.45) is 5.92 Å². The third-order valence-corrected chi connectivity index (χ3v) is 2.49. The highest BCUT2D eigenvalue weighted by Gasteiger charge is 2.15. The zero-order valence-corrected chi connectivity index (χ0v) is 9.76. The molecule has 0 radical (unpaired) electrons. The molecule has 0 bridgehead atoms. The molecule has 1 heterocycles. The highest BCUT2D eigenvalue weighted by atomic mass is 16.5. The molecule has 1 saturated heterocycles. The molecule has 0 aromatic rings. The van der Waals surface area contributed by atoms with E-state index in [1.54, 1.807) is 0 Å². The third-order valence-electron chi connectivity index (χ3n) is 2.49. The topological polar surface area (TPSA) is 30.5 Å². The summed E-state index contributed by atoms with van der Waals surface area (Å²) in [5.41, 5.74) is 1.13. The summed E-state index contributed by atoms with van der Waals surface area (Å²) in [6.07, 6.45) is 2.30. The molecule has 15 heavy (non-hydrogen) atoms. The summed E-state index contributed by atoms with van der Waals surface area (Å²) in [6, 6.07) is 0. The Labute approximate surface area is 92.8 Å². The Morgan fingerprint density at radius 2 is 2.47 bits per heavy atom. The number of ether oxygens (including phenoxy) is 2. The van der Waals surface area contributed by atoms with E-state index in [0.717, 1.165) is 51.3 Å². The molecule has 1 rings (SSSR count). The van der Waals surface area contributed by atoms with Crippen LogP contribution in [0.1, 0.15) is 19.8 Å². The van der Waals surface area contributed by atoms with Gasteiger partial charge in [-0.1, -0.05) is 13.5 Å². The Morgan fingerprint density at radius 3 is 3.13 bits per heavy atom. The molecule has 1 N–H and O–H groups in total. The lowest BCUT2D eigenvalue weighted by Gasteiger charge is -2.10. The van der Waals surface area contributed by atoms with Gasteiger partial charge in [-0.3, -0.25) is 0 Å². The minimum Gasteiger partial charge on any atom is -0.381 e. The van der Waals surface area contributed by atoms with E-state index >= 15 is 0 Å². The van der Waals surface area contributed by atoms with Gasteiger partial charge in [0.1, 0.15) is 0 Å². The molecule has 0 saturated carbocycles. The van der Waals surface area contributed by atoms with Gasteiger partial charge in [0.2, 0.25) is 0 Å². The molecule has 0 aromatic heterocycles. The van der Waals surface area contributed by atoms with E-state index in [4.69, 9.17) is 9.47 Å². The second kappa shape index (κ2) is 7.85. The van der Waals surface area contributed by atoms with E-state index in [2.05, 4.69) is 18.8 Å². The molecule has 88 valence electrons. The Morgan fingerprint density at radius 1 is 1.60 bits per heavy atom. The minimum absolute atomic E-state index is 0.599. The maximum Gasteiger partial charge on any atom is 0.0686 e. The Hall–Kier alpha value is -0.380. The zero-order chi connectivity index (χ0) is 10.9. The van der Waals surface area contributed by atoms with E-state index < -0.39 is 0 Å². The average Bonchev–Trinajstić information content (AvgIpc) is 2.71. The molecule has 1 aliphatic rings. The van der Waals surface area contributed by atoms with Crippen molar-refractivity contribution in [3.05, 3.63) is 12.2 Å². The molecule has 0 amide bonds. The Bertz CT molecular complexity index is 176. The van der Waals surface area contributed by atoms with Gasteiger partial charge in [0.15, 0.2) is 0 Å². The molecule has 3 heteroatoms. The zero-order valence-electron chi connectivity index (χ0n) is 9.76. The smallest absolute Gasteiger partial charge is 0.0686 e. The van der Waals surface area contributed by atoms with Crippen LogP contribution < -0.4 is 5.32 Å². The van der Waals surface area contributed by atoms with E-state index in [1.807, 2.05) is 0 Å². The fourth-order valence-corrected chi connectivity index (χ4v) is 1.58. The molecule has 1 unspecified atom stereocenters. The predicted octanol–water partition coefficient (Wildman–Crippen LogP) is 1.60. The van der Waals surface area contributed by atoms with Crippen molar-refractivity contribution in [2.75, 3.05) is 39.5 Å². The van der Waals surface area contributed by atoms with Crippen LogP contribution >= 0.6 is 0 Å². The molecule has 1 fully saturated rings. The molecule has 0 spiro atoms. The first kappa shape index (κ1) is 12.7. The second-order valence-electron chi connectivity index (χ2n) is 4.17. The summed E-state index contributed by atoms with van der Waals surface area (Å²) < 4.78 is 10.9. The molecular formula is C12H23NO2. The lowest BCUT2D eigenvalue weighted by Crippen LogP contribution is -2.20. The van der Waals surface area contributed by atoms with E-state index in [0.29, 0.717) is 12.5 Å². The Kier molecular flexibility index (Phi) is 6.64. The first-order chi connectivity index (χ1) is 7.33. The van der Waals surface area contributed by atoms with Gasteiger partial charge in [-0.2, -0.15) is 0 Å². The van der Waals surface area contributed by atoms with Gasteiger partial charge in [-0.05, 0) is 25.0 Å². The van der Waals surface area contributed by atoms with Gasteiger partial charge >= 0.3 is 0 Å². The number of rotatable bonds is 8. The summed E-state index contributed by atoms with van der Waals surface area (Å²) in [5.74, 6) is 0.599. The van der Waals surface area contributed by atoms with Crippen molar-refractivity contribution in [3.8, 4) is 0 Å². The average molecular weight is 213 g/mol. The van der Waals surface area contributed by atoms with Gasteiger partial charge in [-0.25, -0.2) is 0 Å². The molecule has 0 aromatic carbocycles. The summed E-state index contributed by atoms with van der Waals surface area (Å²) in [6.45, 7) is 11.3. The van der Waals surface area contributed by atoms with Crippen LogP contribution in [0.25, 0.3) is 0 Å². The van der Waals surface area contributed by atoms with Crippen molar-refractivity contribution >= 4 is 0 Å². The van der Waals surface area contributed by atoms with Gasteiger partial charge in [-0.15, -0.1) is 0 Å². The van der Waals surface area contributed by atoms with Gasteiger partial charge < -0.3 is 14.8 Å². The second-order valence-corrected chi connectivity index (χ2v) is 4.17. The quantitative estimate of drug-likeness (QED) is 0.490. The largest absolute Gasteiger partial charge is 0.381 e. The highest BCUT2D eigenvalue weighted by Crippen LogP contribution is 2.12. The number of hydrogen-bond donors (Lipinski definition) is 1. The summed E-state index contributed by atoms with van der Waals surface area (Å²) >= 11 is 0. The monoisotopic (exact) mass is 213 g/mol. The van der Waals surface area contributed by atoms with Crippen LogP contribution in [0.5, 0.6) is 0 Å². The van der Waals surface area contributed by atoms with Crippen molar-refractivity contribution in [2.45, 2.75) is 19.8 Å².